The Balaban J connectivity index is -0.000000000500. The molecule has 0 aliphatic rings. The molecular weight excluding hydrogens is 271 g/mol. The Morgan fingerprint density at radius 1 is 0.714 bits per heavy atom. The Hall–Kier alpha value is 1.45. The third-order valence-corrected chi connectivity index (χ3v) is 0. The largest absolute Gasteiger partial charge is 4.00 e. The maximum Gasteiger partial charge on any atom is 4.00 e. The van der Waals surface area contributed by atoms with Gasteiger partial charge in [-0.25, -0.2) is 0 Å². The van der Waals surface area contributed by atoms with Crippen molar-refractivity contribution in [3.8, 4) is 0 Å². The molecule has 7 heavy (non-hydrogen) atoms. The van der Waals surface area contributed by atoms with Crippen molar-refractivity contribution in [2.75, 3.05) is 0 Å². The first-order valence-electron chi connectivity index (χ1n) is 0.289. The zero-order valence-electron chi connectivity index (χ0n) is 2.98. The van der Waals surface area contributed by atoms with Crippen molar-refractivity contribution >= 4 is 6.79 Å². The Morgan fingerprint density at radius 2 is 0.714 bits per heavy atom. The van der Waals surface area contributed by atoms with Gasteiger partial charge in [-0.15, -0.1) is 0 Å². The zero-order chi connectivity index (χ0) is 2.00. The van der Waals surface area contributed by atoms with E-state index in [1.807, 2.05) is 6.79 Å². The van der Waals surface area contributed by atoms with E-state index in [4.69, 9.17) is 4.79 Å². The number of rotatable bonds is 0. The second-order valence-corrected chi connectivity index (χ2v) is 0. The molecule has 0 atom stereocenters. The monoisotopic (exact) mass is 272 g/mol. The fourth-order valence-corrected chi connectivity index (χ4v) is 0. The van der Waals surface area contributed by atoms with Gasteiger partial charge in [0.1, 0.15) is 6.79 Å². The van der Waals surface area contributed by atoms with Crippen LogP contribution in [-0.4, -0.2) is 6.79 Å². The average Bonchev–Trinajstić information content (AvgIpc) is 1.00. The van der Waals surface area contributed by atoms with Gasteiger partial charge in [-0.05, 0) is 0 Å². The van der Waals surface area contributed by atoms with Crippen molar-refractivity contribution in [2.24, 2.45) is 0 Å². The Bertz CT molecular complexity index is 11.7. The molecule has 0 aromatic carbocycles. The van der Waals surface area contributed by atoms with Crippen LogP contribution < -0.4 is 49.6 Å². The van der Waals surface area contributed by atoms with E-state index in [2.05, 4.69) is 0 Å². The molecule has 0 unspecified atom stereocenters. The van der Waals surface area contributed by atoms with Crippen LogP contribution in [0.15, 0.2) is 0 Å². The molecule has 0 saturated carbocycles. The molecule has 0 amide bonds. The maximum absolute atomic E-state index is 8.00. The number of hydrogen-bond acceptors (Lipinski definition) is 1. The van der Waals surface area contributed by atoms with Crippen LogP contribution >= 0.6 is 0 Å². The van der Waals surface area contributed by atoms with Crippen molar-refractivity contribution in [3.63, 3.8) is 0 Å². The Labute approximate surface area is 80.4 Å². The smallest absolute Gasteiger partial charge is 1.00 e. The van der Waals surface area contributed by atoms with Crippen molar-refractivity contribution in [2.45, 2.75) is 0 Å². The van der Waals surface area contributed by atoms with E-state index in [-0.39, 0.29) is 69.1 Å². The summed E-state index contributed by atoms with van der Waals surface area (Å²) in [4.78, 5) is 8.00. The van der Waals surface area contributed by atoms with Crippen molar-refractivity contribution in [1.29, 1.82) is 0 Å². The number of halogens is 4. The molecule has 0 spiro atoms. The second kappa shape index (κ2) is 147. The zero-order valence-corrected chi connectivity index (χ0v) is 7.74. The van der Waals surface area contributed by atoms with Crippen LogP contribution in [0.25, 0.3) is 0 Å². The van der Waals surface area contributed by atoms with Crippen LogP contribution in [0.1, 0.15) is 0 Å². The number of hydrogen-bond donors (Lipinski definition) is 0. The number of carbonyl (C=O) groups is 1. The molecule has 0 fully saturated rings. The van der Waals surface area contributed by atoms with E-state index in [0.717, 1.165) is 0 Å². The van der Waals surface area contributed by atoms with Gasteiger partial charge < -0.3 is 54.4 Å². The molecule has 0 aromatic rings. The summed E-state index contributed by atoms with van der Waals surface area (Å²) < 4.78 is 0. The average molecular weight is 273 g/mol. The number of carbonyl (C=O) groups excluding carboxylic acids is 1. The first-order chi connectivity index (χ1) is 1.00. The minimum atomic E-state index is 0. The molecule has 6 heteroatoms. The molecule has 0 aliphatic heterocycles. The Morgan fingerprint density at radius 3 is 0.714 bits per heavy atom. The van der Waals surface area contributed by atoms with E-state index in [1.54, 1.807) is 0 Å². The summed E-state index contributed by atoms with van der Waals surface area (Å²) in [5.74, 6) is 0. The van der Waals surface area contributed by atoms with Gasteiger partial charge >= 0.3 is 19.5 Å². The molecule has 0 heterocycles. The summed E-state index contributed by atoms with van der Waals surface area (Å²) in [5, 5.41) is 0. The van der Waals surface area contributed by atoms with E-state index in [0.29, 0.717) is 0 Å². The van der Waals surface area contributed by atoms with Gasteiger partial charge in [-0.1, -0.05) is 0 Å². The molecule has 0 saturated heterocycles. The van der Waals surface area contributed by atoms with Gasteiger partial charge in [0.2, 0.25) is 0 Å². The molecule has 0 N–H and O–H groups in total. The van der Waals surface area contributed by atoms with Gasteiger partial charge in [-0.2, -0.15) is 0 Å². The van der Waals surface area contributed by atoms with Crippen LogP contribution in [0.5, 0.6) is 0 Å². The van der Waals surface area contributed by atoms with E-state index < -0.39 is 0 Å². The molecule has 0 aromatic heterocycles. The van der Waals surface area contributed by atoms with E-state index >= 15 is 0 Å². The van der Waals surface area contributed by atoms with Crippen LogP contribution in [0.2, 0.25) is 0 Å². The van der Waals surface area contributed by atoms with E-state index in [9.17, 15) is 0 Å². The van der Waals surface area contributed by atoms with E-state index in [1.165, 1.54) is 0 Å². The van der Waals surface area contributed by atoms with Crippen LogP contribution in [0.3, 0.4) is 0 Å². The van der Waals surface area contributed by atoms with Gasteiger partial charge in [0, 0.05) is 0 Å². The van der Waals surface area contributed by atoms with Gasteiger partial charge in [-0.3, -0.25) is 0 Å². The van der Waals surface area contributed by atoms with Crippen LogP contribution in [-0.2, 0) is 24.3 Å². The summed E-state index contributed by atoms with van der Waals surface area (Å²) in [6, 6.07) is 0. The van der Waals surface area contributed by atoms with Crippen LogP contribution in [0, 0.1) is 0 Å². The predicted octanol–water partition coefficient (Wildman–Crippen LogP) is -12.2. The second-order valence-electron chi connectivity index (χ2n) is 0. The van der Waals surface area contributed by atoms with Crippen LogP contribution in [0.4, 0.5) is 0 Å². The summed E-state index contributed by atoms with van der Waals surface area (Å²) in [6.07, 6.45) is 0. The minimum absolute atomic E-state index is 0. The van der Waals surface area contributed by atoms with Gasteiger partial charge in [0.15, 0.2) is 0 Å². The first-order valence-corrected chi connectivity index (χ1v) is 0.289. The third-order valence-electron chi connectivity index (χ3n) is 0. The summed E-state index contributed by atoms with van der Waals surface area (Å²) in [5.41, 5.74) is 0. The third kappa shape index (κ3) is 105. The topological polar surface area (TPSA) is 17.1 Å². The fraction of sp³-hybridized carbons (Fsp3) is 0. The molecular formula is CH2Cl4ORu. The van der Waals surface area contributed by atoms with Crippen molar-refractivity contribution < 1.29 is 73.9 Å². The molecule has 0 radical (unpaired) electrons. The molecule has 0 bridgehead atoms. The quantitative estimate of drug-likeness (QED) is 0.401. The van der Waals surface area contributed by atoms with Gasteiger partial charge in [0.25, 0.3) is 0 Å². The normalized spacial score (nSPS) is 0.571. The molecule has 0 aliphatic carbocycles. The maximum atomic E-state index is 8.00. The summed E-state index contributed by atoms with van der Waals surface area (Å²) >= 11 is 0. The molecule has 0 rings (SSSR count). The minimum Gasteiger partial charge on any atom is -1.00 e. The molecule has 1 nitrogen and oxygen atoms in total. The SMILES string of the molecule is C=O.[Cl-].[Cl-].[Cl-].[Cl-].[Ru+4]. The summed E-state index contributed by atoms with van der Waals surface area (Å²) in [7, 11) is 0. The first kappa shape index (κ1) is 78.0. The predicted molar refractivity (Wildman–Crippen MR) is 7.12 cm³/mol. The van der Waals surface area contributed by atoms with Crippen molar-refractivity contribution in [1.82, 2.24) is 0 Å². The fourth-order valence-electron chi connectivity index (χ4n) is 0. The van der Waals surface area contributed by atoms with Crippen molar-refractivity contribution in [3.05, 3.63) is 0 Å². The Kier molecular flexibility index (Phi) is 1640. The van der Waals surface area contributed by atoms with Gasteiger partial charge in [0.05, 0.1) is 0 Å². The standard InChI is InChI=1S/CH2O.4ClH.Ru/c1-2;;;;;/h1H2;4*1H;/q;;;;;+4/p-4. The summed E-state index contributed by atoms with van der Waals surface area (Å²) in [6.45, 7) is 2.00. The molecule has 48 valence electrons.